The van der Waals surface area contributed by atoms with Crippen molar-refractivity contribution >= 4 is 15.5 Å². The Balaban J connectivity index is 1.67. The van der Waals surface area contributed by atoms with Crippen molar-refractivity contribution in [1.82, 2.24) is 0 Å². The molecule has 1 fully saturated rings. The molecule has 0 aromatic heterocycles. The lowest BCUT2D eigenvalue weighted by Gasteiger charge is -2.22. The first kappa shape index (κ1) is 12.8. The lowest BCUT2D eigenvalue weighted by atomic mass is 9.92. The summed E-state index contributed by atoms with van der Waals surface area (Å²) < 4.78 is 28.9. The van der Waals surface area contributed by atoms with Crippen molar-refractivity contribution in [2.24, 2.45) is 5.41 Å². The quantitative estimate of drug-likeness (QED) is 0.919. The highest BCUT2D eigenvalue weighted by Gasteiger charge is 2.39. The molecule has 0 bridgehead atoms. The summed E-state index contributed by atoms with van der Waals surface area (Å²) in [6, 6.07) is 6.04. The molecule has 0 amide bonds. The van der Waals surface area contributed by atoms with Gasteiger partial charge in [-0.15, -0.1) is 0 Å². The Morgan fingerprint density at radius 2 is 2.26 bits per heavy atom. The zero-order chi connectivity index (χ0) is 13.5. The Hall–Kier alpha value is -1.23. The van der Waals surface area contributed by atoms with Crippen molar-refractivity contribution in [3.8, 4) is 5.75 Å². The summed E-state index contributed by atoms with van der Waals surface area (Å²) >= 11 is 0. The van der Waals surface area contributed by atoms with E-state index in [1.54, 1.807) is 0 Å². The second-order valence-electron chi connectivity index (χ2n) is 5.94. The molecule has 5 heteroatoms. The highest BCUT2D eigenvalue weighted by Crippen LogP contribution is 2.33. The minimum Gasteiger partial charge on any atom is -0.493 e. The van der Waals surface area contributed by atoms with Gasteiger partial charge >= 0.3 is 0 Å². The molecule has 3 rings (SSSR count). The third kappa shape index (κ3) is 2.71. The van der Waals surface area contributed by atoms with Crippen molar-refractivity contribution in [3.05, 3.63) is 23.8 Å². The van der Waals surface area contributed by atoms with Crippen LogP contribution in [-0.2, 0) is 16.3 Å². The molecule has 4 nitrogen and oxygen atoms in total. The van der Waals surface area contributed by atoms with E-state index in [9.17, 15) is 8.42 Å². The van der Waals surface area contributed by atoms with Gasteiger partial charge in [-0.2, -0.15) is 0 Å². The number of hydrogen-bond donors (Lipinski definition) is 1. The van der Waals surface area contributed by atoms with Gasteiger partial charge in [0.15, 0.2) is 9.84 Å². The van der Waals surface area contributed by atoms with E-state index in [4.69, 9.17) is 4.74 Å². The van der Waals surface area contributed by atoms with E-state index in [0.717, 1.165) is 18.7 Å². The lowest BCUT2D eigenvalue weighted by molar-refractivity contribution is 0.186. The summed E-state index contributed by atoms with van der Waals surface area (Å²) in [5, 5.41) is 3.31. The summed E-state index contributed by atoms with van der Waals surface area (Å²) in [7, 11) is -2.86. The number of anilines is 1. The highest BCUT2D eigenvalue weighted by atomic mass is 32.2. The molecule has 104 valence electrons. The number of ether oxygens (including phenoxy) is 1. The van der Waals surface area contributed by atoms with E-state index in [2.05, 4.69) is 11.4 Å². The van der Waals surface area contributed by atoms with Crippen LogP contribution in [0.15, 0.2) is 18.2 Å². The Bertz CT molecular complexity index is 597. The number of nitrogens with one attached hydrogen (secondary N) is 1. The molecule has 1 aromatic rings. The Labute approximate surface area is 114 Å². The Kier molecular flexibility index (Phi) is 2.96. The molecule has 2 heterocycles. The number of rotatable bonds is 3. The van der Waals surface area contributed by atoms with Crippen LogP contribution in [0.2, 0.25) is 0 Å². The smallest absolute Gasteiger partial charge is 0.151 e. The zero-order valence-corrected chi connectivity index (χ0v) is 11.9. The molecule has 19 heavy (non-hydrogen) atoms. The highest BCUT2D eigenvalue weighted by molar-refractivity contribution is 7.91. The van der Waals surface area contributed by atoms with E-state index >= 15 is 0 Å². The average Bonchev–Trinajstić information content (AvgIpc) is 2.91. The van der Waals surface area contributed by atoms with Crippen LogP contribution in [0, 0.1) is 5.41 Å². The molecule has 0 aliphatic carbocycles. The summed E-state index contributed by atoms with van der Waals surface area (Å²) in [4.78, 5) is 0. The Morgan fingerprint density at radius 1 is 1.42 bits per heavy atom. The van der Waals surface area contributed by atoms with E-state index < -0.39 is 9.84 Å². The van der Waals surface area contributed by atoms with Crippen LogP contribution in [-0.4, -0.2) is 33.1 Å². The molecule has 1 saturated heterocycles. The number of fused-ring (bicyclic) bond motifs is 1. The first-order chi connectivity index (χ1) is 8.96. The fourth-order valence-corrected chi connectivity index (χ4v) is 5.06. The molecule has 1 unspecified atom stereocenters. The van der Waals surface area contributed by atoms with Gasteiger partial charge in [0.05, 0.1) is 18.1 Å². The molecule has 2 aliphatic heterocycles. The molecule has 2 aliphatic rings. The number of hydrogen-bond acceptors (Lipinski definition) is 4. The van der Waals surface area contributed by atoms with Crippen LogP contribution >= 0.6 is 0 Å². The van der Waals surface area contributed by atoms with Gasteiger partial charge < -0.3 is 10.1 Å². The van der Waals surface area contributed by atoms with Crippen molar-refractivity contribution in [1.29, 1.82) is 0 Å². The first-order valence-corrected chi connectivity index (χ1v) is 8.48. The average molecular weight is 281 g/mol. The summed E-state index contributed by atoms with van der Waals surface area (Å²) in [6.07, 6.45) is 1.72. The third-order valence-corrected chi connectivity index (χ3v) is 5.92. The maximum Gasteiger partial charge on any atom is 0.151 e. The van der Waals surface area contributed by atoms with Crippen LogP contribution in [0.1, 0.15) is 18.9 Å². The van der Waals surface area contributed by atoms with Crippen molar-refractivity contribution in [3.63, 3.8) is 0 Å². The fourth-order valence-electron chi connectivity index (χ4n) is 2.82. The molecular weight excluding hydrogens is 262 g/mol. The predicted octanol–water partition coefficient (Wildman–Crippen LogP) is 1.86. The van der Waals surface area contributed by atoms with Crippen molar-refractivity contribution in [2.45, 2.75) is 19.8 Å². The van der Waals surface area contributed by atoms with E-state index in [-0.39, 0.29) is 11.2 Å². The molecule has 1 N–H and O–H groups in total. The first-order valence-electron chi connectivity index (χ1n) is 6.66. The van der Waals surface area contributed by atoms with Gasteiger partial charge in [0.25, 0.3) is 0 Å². The summed E-state index contributed by atoms with van der Waals surface area (Å²) in [5.41, 5.74) is 2.22. The molecule has 0 radical (unpaired) electrons. The largest absolute Gasteiger partial charge is 0.493 e. The molecule has 1 aromatic carbocycles. The molecule has 0 spiro atoms. The van der Waals surface area contributed by atoms with Crippen LogP contribution < -0.4 is 10.1 Å². The second kappa shape index (κ2) is 4.40. The van der Waals surface area contributed by atoms with Crippen molar-refractivity contribution < 1.29 is 13.2 Å². The molecule has 1 atom stereocenters. The topological polar surface area (TPSA) is 55.4 Å². The van der Waals surface area contributed by atoms with Crippen LogP contribution in [0.25, 0.3) is 0 Å². The van der Waals surface area contributed by atoms with E-state index in [0.29, 0.717) is 18.8 Å². The van der Waals surface area contributed by atoms with Crippen LogP contribution in [0.3, 0.4) is 0 Å². The summed E-state index contributed by atoms with van der Waals surface area (Å²) in [6.45, 7) is 3.44. The van der Waals surface area contributed by atoms with Gasteiger partial charge in [0.1, 0.15) is 5.75 Å². The van der Waals surface area contributed by atoms with E-state index in [1.165, 1.54) is 11.3 Å². The van der Waals surface area contributed by atoms with Gasteiger partial charge in [0.2, 0.25) is 0 Å². The predicted molar refractivity (Wildman–Crippen MR) is 75.5 cm³/mol. The number of benzene rings is 1. The van der Waals surface area contributed by atoms with E-state index in [1.807, 2.05) is 19.1 Å². The lowest BCUT2D eigenvalue weighted by Crippen LogP contribution is -2.26. The molecule has 0 saturated carbocycles. The second-order valence-corrected chi connectivity index (χ2v) is 8.12. The molecular formula is C14H19NO3S. The minimum absolute atomic E-state index is 0.240. The van der Waals surface area contributed by atoms with Gasteiger partial charge in [-0.05, 0) is 36.6 Å². The normalized spacial score (nSPS) is 27.8. The zero-order valence-electron chi connectivity index (χ0n) is 11.1. The van der Waals surface area contributed by atoms with Gasteiger partial charge in [0, 0.05) is 17.6 Å². The number of sulfone groups is 1. The summed E-state index contributed by atoms with van der Waals surface area (Å²) in [5.74, 6) is 1.38. The van der Waals surface area contributed by atoms with Gasteiger partial charge in [-0.3, -0.25) is 0 Å². The maximum absolute atomic E-state index is 11.5. The third-order valence-electron chi connectivity index (χ3n) is 3.96. The van der Waals surface area contributed by atoms with Crippen LogP contribution in [0.4, 0.5) is 5.69 Å². The monoisotopic (exact) mass is 281 g/mol. The van der Waals surface area contributed by atoms with Gasteiger partial charge in [-0.1, -0.05) is 6.92 Å². The van der Waals surface area contributed by atoms with Crippen LogP contribution in [0.5, 0.6) is 5.75 Å². The minimum atomic E-state index is -2.86. The van der Waals surface area contributed by atoms with Gasteiger partial charge in [-0.25, -0.2) is 8.42 Å². The fraction of sp³-hybridized carbons (Fsp3) is 0.571. The van der Waals surface area contributed by atoms with Crippen molar-refractivity contribution in [2.75, 3.05) is 30.0 Å². The standard InChI is InChI=1S/C14H19NO3S/c1-14(5-7-19(16,17)10-14)9-18-12-2-3-13-11(8-12)4-6-15-13/h2-3,8,15H,4-7,9-10H2,1H3. The SMILES string of the molecule is CC1(COc2ccc3c(c2)CCN3)CCS(=O)(=O)C1. The maximum atomic E-state index is 11.5. The Morgan fingerprint density at radius 3 is 3.00 bits per heavy atom.